The quantitative estimate of drug-likeness (QED) is 0.701. The monoisotopic (exact) mass is 385 g/mol. The molecule has 0 atom stereocenters. The lowest BCUT2D eigenvalue weighted by Crippen LogP contribution is -2.16. The molecular weight excluding hydrogens is 366 g/mol. The lowest BCUT2D eigenvalue weighted by atomic mass is 10.1. The maximum Gasteiger partial charge on any atom is 0.274 e. The SMILES string of the molecule is CCc1nc2c(C)cc(Br)cn2c1C(=O)Nc1ccc(C)c(C)c1. The standard InChI is InChI=1S/C19H20BrN3O/c1-5-16-17(23-10-14(20)8-13(4)18(23)22-16)19(24)21-15-7-6-11(2)12(3)9-15/h6-10H,5H2,1-4H3,(H,21,24). The summed E-state index contributed by atoms with van der Waals surface area (Å²) in [5, 5.41) is 3.00. The fourth-order valence-corrected chi connectivity index (χ4v) is 3.36. The van der Waals surface area contributed by atoms with Gasteiger partial charge in [0.2, 0.25) is 0 Å². The van der Waals surface area contributed by atoms with Gasteiger partial charge in [0.1, 0.15) is 11.3 Å². The Balaban J connectivity index is 2.07. The number of nitrogens with zero attached hydrogens (tertiary/aromatic N) is 2. The van der Waals surface area contributed by atoms with E-state index in [1.807, 2.05) is 55.6 Å². The van der Waals surface area contributed by atoms with E-state index in [0.717, 1.165) is 32.6 Å². The Morgan fingerprint density at radius 2 is 1.92 bits per heavy atom. The summed E-state index contributed by atoms with van der Waals surface area (Å²) in [5.41, 5.74) is 6.40. The Hall–Kier alpha value is -2.14. The van der Waals surface area contributed by atoms with E-state index in [2.05, 4.69) is 33.2 Å². The summed E-state index contributed by atoms with van der Waals surface area (Å²) in [4.78, 5) is 17.5. The van der Waals surface area contributed by atoms with Crippen molar-refractivity contribution in [2.45, 2.75) is 34.1 Å². The molecule has 3 aromatic rings. The van der Waals surface area contributed by atoms with Crippen LogP contribution in [-0.4, -0.2) is 15.3 Å². The lowest BCUT2D eigenvalue weighted by Gasteiger charge is -2.09. The van der Waals surface area contributed by atoms with Crippen molar-refractivity contribution in [2.24, 2.45) is 0 Å². The minimum Gasteiger partial charge on any atom is -0.321 e. The normalized spacial score (nSPS) is 11.0. The first-order chi connectivity index (χ1) is 11.4. The summed E-state index contributed by atoms with van der Waals surface area (Å²) in [5.74, 6) is -0.139. The third kappa shape index (κ3) is 2.96. The number of amides is 1. The van der Waals surface area contributed by atoms with Crippen molar-refractivity contribution in [1.29, 1.82) is 0 Å². The molecule has 0 radical (unpaired) electrons. The first kappa shape index (κ1) is 16.7. The van der Waals surface area contributed by atoms with Gasteiger partial charge in [-0.1, -0.05) is 13.0 Å². The molecular formula is C19H20BrN3O. The number of carbonyl (C=O) groups excluding carboxylic acids is 1. The number of aryl methyl sites for hydroxylation is 4. The fraction of sp³-hybridized carbons (Fsp3) is 0.263. The van der Waals surface area contributed by atoms with Crippen LogP contribution in [0.4, 0.5) is 5.69 Å². The molecule has 3 rings (SSSR count). The average Bonchev–Trinajstić information content (AvgIpc) is 2.89. The number of pyridine rings is 1. The van der Waals surface area contributed by atoms with Crippen molar-refractivity contribution in [3.63, 3.8) is 0 Å². The number of fused-ring (bicyclic) bond motifs is 1. The fourth-order valence-electron chi connectivity index (χ4n) is 2.81. The number of benzene rings is 1. The highest BCUT2D eigenvalue weighted by atomic mass is 79.9. The number of halogens is 1. The van der Waals surface area contributed by atoms with Crippen LogP contribution in [0, 0.1) is 20.8 Å². The van der Waals surface area contributed by atoms with Gasteiger partial charge in [-0.25, -0.2) is 4.98 Å². The molecule has 0 aliphatic rings. The first-order valence-electron chi connectivity index (χ1n) is 7.96. The van der Waals surface area contributed by atoms with Gasteiger partial charge >= 0.3 is 0 Å². The van der Waals surface area contributed by atoms with Gasteiger partial charge in [-0.15, -0.1) is 0 Å². The molecule has 5 heteroatoms. The summed E-state index contributed by atoms with van der Waals surface area (Å²) in [7, 11) is 0. The molecule has 0 saturated heterocycles. The molecule has 4 nitrogen and oxygen atoms in total. The summed E-state index contributed by atoms with van der Waals surface area (Å²) in [6.45, 7) is 8.11. The van der Waals surface area contributed by atoms with E-state index >= 15 is 0 Å². The number of imidazole rings is 1. The van der Waals surface area contributed by atoms with Crippen LogP contribution in [0.1, 0.15) is 39.8 Å². The predicted octanol–water partition coefficient (Wildman–Crippen LogP) is 4.84. The van der Waals surface area contributed by atoms with Gasteiger partial charge in [0, 0.05) is 16.4 Å². The topological polar surface area (TPSA) is 46.4 Å². The average molecular weight is 386 g/mol. The molecule has 0 saturated carbocycles. The Morgan fingerprint density at radius 3 is 2.58 bits per heavy atom. The molecule has 2 aromatic heterocycles. The second-order valence-electron chi connectivity index (χ2n) is 6.05. The Labute approximate surface area is 150 Å². The second kappa shape index (κ2) is 6.40. The lowest BCUT2D eigenvalue weighted by molar-refractivity contribution is 0.102. The maximum absolute atomic E-state index is 12.9. The minimum absolute atomic E-state index is 0.139. The number of anilines is 1. The molecule has 124 valence electrons. The maximum atomic E-state index is 12.9. The molecule has 2 heterocycles. The third-order valence-corrected chi connectivity index (χ3v) is 4.69. The van der Waals surface area contributed by atoms with Gasteiger partial charge in [0.25, 0.3) is 5.91 Å². The van der Waals surface area contributed by atoms with Crippen LogP contribution >= 0.6 is 15.9 Å². The van der Waals surface area contributed by atoms with E-state index in [1.165, 1.54) is 5.56 Å². The first-order valence-corrected chi connectivity index (χ1v) is 8.75. The van der Waals surface area contributed by atoms with Gasteiger partial charge in [0.05, 0.1) is 5.69 Å². The summed E-state index contributed by atoms with van der Waals surface area (Å²) < 4.78 is 2.79. The molecule has 0 aliphatic carbocycles. The van der Waals surface area contributed by atoms with Crippen molar-refractivity contribution in [2.75, 3.05) is 5.32 Å². The summed E-state index contributed by atoms with van der Waals surface area (Å²) in [6, 6.07) is 7.94. The number of rotatable bonds is 3. The van der Waals surface area contributed by atoms with Crippen LogP contribution in [0.5, 0.6) is 0 Å². The highest BCUT2D eigenvalue weighted by Gasteiger charge is 2.20. The van der Waals surface area contributed by atoms with E-state index in [4.69, 9.17) is 0 Å². The summed E-state index contributed by atoms with van der Waals surface area (Å²) >= 11 is 3.50. The number of aromatic nitrogens is 2. The Bertz CT molecular complexity index is 943. The van der Waals surface area contributed by atoms with Crippen molar-refractivity contribution in [3.05, 3.63) is 63.0 Å². The highest BCUT2D eigenvalue weighted by molar-refractivity contribution is 9.10. The predicted molar refractivity (Wildman–Crippen MR) is 101 cm³/mol. The van der Waals surface area contributed by atoms with Crippen LogP contribution in [0.2, 0.25) is 0 Å². The van der Waals surface area contributed by atoms with Crippen LogP contribution in [0.3, 0.4) is 0 Å². The molecule has 0 bridgehead atoms. The van der Waals surface area contributed by atoms with E-state index < -0.39 is 0 Å². The van der Waals surface area contributed by atoms with Gasteiger partial charge in [-0.2, -0.15) is 0 Å². The van der Waals surface area contributed by atoms with E-state index in [0.29, 0.717) is 12.1 Å². The molecule has 24 heavy (non-hydrogen) atoms. The molecule has 1 amide bonds. The number of hydrogen-bond donors (Lipinski definition) is 1. The van der Waals surface area contributed by atoms with Gasteiger partial charge in [-0.05, 0) is 78.0 Å². The van der Waals surface area contributed by atoms with Crippen molar-refractivity contribution in [3.8, 4) is 0 Å². The molecule has 0 aliphatic heterocycles. The van der Waals surface area contributed by atoms with Crippen molar-refractivity contribution >= 4 is 33.2 Å². The number of nitrogens with one attached hydrogen (secondary N) is 1. The van der Waals surface area contributed by atoms with E-state index in [1.54, 1.807) is 0 Å². The van der Waals surface area contributed by atoms with E-state index in [9.17, 15) is 4.79 Å². The van der Waals surface area contributed by atoms with Crippen LogP contribution < -0.4 is 5.32 Å². The van der Waals surface area contributed by atoms with Crippen LogP contribution in [0.25, 0.3) is 5.65 Å². The zero-order chi connectivity index (χ0) is 17.4. The molecule has 1 aromatic carbocycles. The molecule has 1 N–H and O–H groups in total. The highest BCUT2D eigenvalue weighted by Crippen LogP contribution is 2.22. The second-order valence-corrected chi connectivity index (χ2v) is 6.96. The van der Waals surface area contributed by atoms with Crippen LogP contribution in [0.15, 0.2) is 34.9 Å². The number of carbonyl (C=O) groups is 1. The Morgan fingerprint density at radius 1 is 1.17 bits per heavy atom. The van der Waals surface area contributed by atoms with Crippen LogP contribution in [-0.2, 0) is 6.42 Å². The largest absolute Gasteiger partial charge is 0.321 e. The van der Waals surface area contributed by atoms with Gasteiger partial charge < -0.3 is 5.32 Å². The summed E-state index contributed by atoms with van der Waals surface area (Å²) in [6.07, 6.45) is 2.60. The molecule has 0 unspecified atom stereocenters. The van der Waals surface area contributed by atoms with Gasteiger partial charge in [-0.3, -0.25) is 9.20 Å². The van der Waals surface area contributed by atoms with E-state index in [-0.39, 0.29) is 5.91 Å². The molecule has 0 fully saturated rings. The van der Waals surface area contributed by atoms with Gasteiger partial charge in [0.15, 0.2) is 0 Å². The zero-order valence-electron chi connectivity index (χ0n) is 14.3. The Kier molecular flexibility index (Phi) is 4.45. The molecule has 0 spiro atoms. The minimum atomic E-state index is -0.139. The zero-order valence-corrected chi connectivity index (χ0v) is 15.9. The van der Waals surface area contributed by atoms with Crippen molar-refractivity contribution in [1.82, 2.24) is 9.38 Å². The third-order valence-electron chi connectivity index (χ3n) is 4.26. The smallest absolute Gasteiger partial charge is 0.274 e. The number of hydrogen-bond acceptors (Lipinski definition) is 2. The van der Waals surface area contributed by atoms with Crippen molar-refractivity contribution < 1.29 is 4.79 Å².